The molecule has 2 aromatic heterocycles. The molecular formula is C16H21N3OS2. The maximum absolute atomic E-state index is 12.4. The van der Waals surface area contributed by atoms with Crippen LogP contribution in [0, 0.1) is 5.92 Å². The molecule has 0 spiro atoms. The van der Waals surface area contributed by atoms with Crippen molar-refractivity contribution in [2.75, 3.05) is 26.7 Å². The summed E-state index contributed by atoms with van der Waals surface area (Å²) in [6.07, 6.45) is 2.63. The number of hydrogen-bond acceptors (Lipinski definition) is 5. The van der Waals surface area contributed by atoms with Gasteiger partial charge in [-0.1, -0.05) is 6.07 Å². The normalized spacial score (nSPS) is 16.1. The van der Waals surface area contributed by atoms with E-state index in [0.29, 0.717) is 12.3 Å². The van der Waals surface area contributed by atoms with E-state index in [4.69, 9.17) is 0 Å². The van der Waals surface area contributed by atoms with Gasteiger partial charge in [0, 0.05) is 18.5 Å². The van der Waals surface area contributed by atoms with Crippen LogP contribution in [-0.4, -0.2) is 42.5 Å². The lowest BCUT2D eigenvalue weighted by molar-refractivity contribution is -0.131. The average molecular weight is 335 g/mol. The fourth-order valence-electron chi connectivity index (χ4n) is 2.84. The minimum atomic E-state index is 0.214. The molecule has 0 bridgehead atoms. The van der Waals surface area contributed by atoms with Gasteiger partial charge in [0.25, 0.3) is 0 Å². The van der Waals surface area contributed by atoms with E-state index in [1.54, 1.807) is 22.7 Å². The van der Waals surface area contributed by atoms with Gasteiger partial charge in [0.05, 0.1) is 17.0 Å². The van der Waals surface area contributed by atoms with E-state index in [1.807, 2.05) is 23.4 Å². The number of hydrogen-bond donors (Lipinski definition) is 1. The van der Waals surface area contributed by atoms with E-state index >= 15 is 0 Å². The Bertz CT molecular complexity index is 601. The largest absolute Gasteiger partial charge is 0.342 e. The number of rotatable bonds is 5. The summed E-state index contributed by atoms with van der Waals surface area (Å²) >= 11 is 3.31. The number of thiophene rings is 1. The summed E-state index contributed by atoms with van der Waals surface area (Å²) in [4.78, 5) is 20.2. The number of piperidine rings is 1. The van der Waals surface area contributed by atoms with Crippen molar-refractivity contribution in [1.29, 1.82) is 0 Å². The van der Waals surface area contributed by atoms with Crippen LogP contribution in [0.15, 0.2) is 22.9 Å². The Morgan fingerprint density at radius 3 is 2.91 bits per heavy atom. The minimum absolute atomic E-state index is 0.214. The molecule has 1 aliphatic rings. The average Bonchev–Trinajstić information content (AvgIpc) is 3.19. The maximum atomic E-state index is 12.4. The van der Waals surface area contributed by atoms with Crippen LogP contribution in [-0.2, 0) is 11.2 Å². The number of likely N-dealkylation sites (tertiary alicyclic amines) is 1. The molecule has 0 unspecified atom stereocenters. The van der Waals surface area contributed by atoms with Crippen LogP contribution in [0.2, 0.25) is 0 Å². The van der Waals surface area contributed by atoms with E-state index < -0.39 is 0 Å². The van der Waals surface area contributed by atoms with E-state index in [-0.39, 0.29) is 5.91 Å². The van der Waals surface area contributed by atoms with Crippen molar-refractivity contribution in [3.8, 4) is 9.88 Å². The van der Waals surface area contributed by atoms with Crippen molar-refractivity contribution in [2.45, 2.75) is 19.3 Å². The Labute approximate surface area is 139 Å². The standard InChI is InChI=1S/C16H21N3OS2/c1-17-10-12-4-6-19(7-5-12)15(20)9-13-11-22-16(18-13)14-3-2-8-21-14/h2-3,8,11-12,17H,4-7,9-10H2,1H3. The predicted molar refractivity (Wildman–Crippen MR) is 92.4 cm³/mol. The zero-order valence-electron chi connectivity index (χ0n) is 12.7. The first-order valence-corrected chi connectivity index (χ1v) is 9.43. The first-order chi connectivity index (χ1) is 10.8. The Morgan fingerprint density at radius 1 is 1.41 bits per heavy atom. The Kier molecular flexibility index (Phi) is 5.23. The monoisotopic (exact) mass is 335 g/mol. The third kappa shape index (κ3) is 3.74. The summed E-state index contributed by atoms with van der Waals surface area (Å²) in [6, 6.07) is 4.10. The van der Waals surface area contributed by atoms with Gasteiger partial charge in [0.15, 0.2) is 0 Å². The number of nitrogens with zero attached hydrogens (tertiary/aromatic N) is 2. The molecule has 118 valence electrons. The third-order valence-electron chi connectivity index (χ3n) is 4.08. The van der Waals surface area contributed by atoms with Crippen molar-refractivity contribution in [1.82, 2.24) is 15.2 Å². The quantitative estimate of drug-likeness (QED) is 0.914. The molecule has 1 amide bonds. The molecule has 1 saturated heterocycles. The van der Waals surface area contributed by atoms with Gasteiger partial charge in [-0.05, 0) is 43.8 Å². The molecule has 6 heteroatoms. The maximum Gasteiger partial charge on any atom is 0.228 e. The van der Waals surface area contributed by atoms with Crippen LogP contribution in [0.1, 0.15) is 18.5 Å². The lowest BCUT2D eigenvalue weighted by atomic mass is 9.96. The summed E-state index contributed by atoms with van der Waals surface area (Å²) in [5, 5.41) is 8.31. The molecule has 0 atom stereocenters. The summed E-state index contributed by atoms with van der Waals surface area (Å²) in [7, 11) is 1.99. The Morgan fingerprint density at radius 2 is 2.23 bits per heavy atom. The Balaban J connectivity index is 1.54. The number of aromatic nitrogens is 1. The second kappa shape index (κ2) is 7.35. The van der Waals surface area contributed by atoms with Crippen molar-refractivity contribution >= 4 is 28.6 Å². The van der Waals surface area contributed by atoms with Crippen molar-refractivity contribution in [3.63, 3.8) is 0 Å². The SMILES string of the molecule is CNCC1CCN(C(=O)Cc2csc(-c3cccs3)n2)CC1. The first-order valence-electron chi connectivity index (χ1n) is 7.67. The van der Waals surface area contributed by atoms with Gasteiger partial charge in [0.2, 0.25) is 5.91 Å². The zero-order valence-corrected chi connectivity index (χ0v) is 14.4. The van der Waals surface area contributed by atoms with Gasteiger partial charge in [-0.15, -0.1) is 22.7 Å². The number of amides is 1. The molecule has 4 nitrogen and oxygen atoms in total. The molecule has 0 radical (unpaired) electrons. The molecule has 0 aromatic carbocycles. The van der Waals surface area contributed by atoms with Gasteiger partial charge < -0.3 is 10.2 Å². The fourth-order valence-corrected chi connectivity index (χ4v) is 4.48. The second-order valence-corrected chi connectivity index (χ2v) is 7.49. The molecule has 1 fully saturated rings. The highest BCUT2D eigenvalue weighted by atomic mass is 32.1. The number of carbonyl (C=O) groups is 1. The predicted octanol–water partition coefficient (Wildman–Crippen LogP) is 2.87. The summed E-state index contributed by atoms with van der Waals surface area (Å²) in [5.41, 5.74) is 0.899. The molecule has 22 heavy (non-hydrogen) atoms. The topological polar surface area (TPSA) is 45.2 Å². The van der Waals surface area contributed by atoms with Crippen molar-refractivity contribution in [3.05, 3.63) is 28.6 Å². The smallest absolute Gasteiger partial charge is 0.228 e. The van der Waals surface area contributed by atoms with Crippen LogP contribution in [0.25, 0.3) is 9.88 Å². The number of thiazole rings is 1. The molecular weight excluding hydrogens is 314 g/mol. The van der Waals surface area contributed by atoms with Gasteiger partial charge in [-0.2, -0.15) is 0 Å². The summed E-state index contributed by atoms with van der Waals surface area (Å²) in [6.45, 7) is 2.82. The van der Waals surface area contributed by atoms with Crippen molar-refractivity contribution in [2.24, 2.45) is 5.92 Å². The van der Waals surface area contributed by atoms with E-state index in [0.717, 1.165) is 43.2 Å². The highest BCUT2D eigenvalue weighted by Gasteiger charge is 2.23. The second-order valence-electron chi connectivity index (χ2n) is 5.68. The van der Waals surface area contributed by atoms with Crippen LogP contribution in [0.5, 0.6) is 0 Å². The number of nitrogens with one attached hydrogen (secondary N) is 1. The van der Waals surface area contributed by atoms with E-state index in [1.165, 1.54) is 4.88 Å². The fraction of sp³-hybridized carbons (Fsp3) is 0.500. The van der Waals surface area contributed by atoms with Crippen LogP contribution < -0.4 is 5.32 Å². The molecule has 0 saturated carbocycles. The van der Waals surface area contributed by atoms with Crippen LogP contribution in [0.3, 0.4) is 0 Å². The third-order valence-corrected chi connectivity index (χ3v) is 6.01. The number of carbonyl (C=O) groups excluding carboxylic acids is 1. The lowest BCUT2D eigenvalue weighted by Crippen LogP contribution is -2.41. The highest BCUT2D eigenvalue weighted by molar-refractivity contribution is 7.20. The molecule has 0 aliphatic carbocycles. The lowest BCUT2D eigenvalue weighted by Gasteiger charge is -2.31. The molecule has 3 heterocycles. The van der Waals surface area contributed by atoms with Crippen LogP contribution >= 0.6 is 22.7 Å². The summed E-state index contributed by atoms with van der Waals surface area (Å²) in [5.74, 6) is 0.921. The summed E-state index contributed by atoms with van der Waals surface area (Å²) < 4.78 is 0. The molecule has 2 aromatic rings. The van der Waals surface area contributed by atoms with Gasteiger partial charge in [0.1, 0.15) is 5.01 Å². The highest BCUT2D eigenvalue weighted by Crippen LogP contribution is 2.28. The van der Waals surface area contributed by atoms with Gasteiger partial charge >= 0.3 is 0 Å². The van der Waals surface area contributed by atoms with Gasteiger partial charge in [-0.25, -0.2) is 4.98 Å². The first kappa shape index (κ1) is 15.6. The van der Waals surface area contributed by atoms with E-state index in [2.05, 4.69) is 21.7 Å². The van der Waals surface area contributed by atoms with Crippen molar-refractivity contribution < 1.29 is 4.79 Å². The Hall–Kier alpha value is -1.24. The van der Waals surface area contributed by atoms with Crippen LogP contribution in [0.4, 0.5) is 0 Å². The molecule has 1 aliphatic heterocycles. The minimum Gasteiger partial charge on any atom is -0.342 e. The molecule has 3 rings (SSSR count). The van der Waals surface area contributed by atoms with E-state index in [9.17, 15) is 4.79 Å². The van der Waals surface area contributed by atoms with Gasteiger partial charge in [-0.3, -0.25) is 4.79 Å². The molecule has 1 N–H and O–H groups in total. The zero-order chi connectivity index (χ0) is 15.4.